The van der Waals surface area contributed by atoms with E-state index in [1.807, 2.05) is 16.9 Å². The lowest BCUT2D eigenvalue weighted by Crippen LogP contribution is -2.53. The highest BCUT2D eigenvalue weighted by Gasteiger charge is 2.54. The van der Waals surface area contributed by atoms with Crippen LogP contribution < -0.4 is 5.32 Å². The highest BCUT2D eigenvalue weighted by molar-refractivity contribution is 7.08. The van der Waals surface area contributed by atoms with E-state index in [1.54, 1.807) is 11.3 Å². The summed E-state index contributed by atoms with van der Waals surface area (Å²) in [6, 6.07) is 4.13. The van der Waals surface area contributed by atoms with Gasteiger partial charge in [-0.2, -0.15) is 16.4 Å². The van der Waals surface area contributed by atoms with Crippen LogP contribution in [0.4, 0.5) is 0 Å². The Morgan fingerprint density at radius 3 is 2.56 bits per heavy atom. The highest BCUT2D eigenvalue weighted by Crippen LogP contribution is 2.60. The van der Waals surface area contributed by atoms with Gasteiger partial charge in [-0.15, -0.1) is 0 Å². The van der Waals surface area contributed by atoms with Gasteiger partial charge < -0.3 is 5.32 Å². The molecule has 0 atom stereocenters. The molecule has 6 rings (SSSR count). The molecule has 4 saturated carbocycles. The maximum absolute atomic E-state index is 12.9. The van der Waals surface area contributed by atoms with E-state index in [0.29, 0.717) is 12.5 Å². The van der Waals surface area contributed by atoms with Crippen molar-refractivity contribution in [1.29, 1.82) is 0 Å². The molecule has 0 aromatic carbocycles. The lowest BCUT2D eigenvalue weighted by atomic mass is 9.49. The summed E-state index contributed by atoms with van der Waals surface area (Å²) in [5.41, 5.74) is 2.13. The van der Waals surface area contributed by atoms with Crippen LogP contribution in [-0.4, -0.2) is 22.2 Å². The van der Waals surface area contributed by atoms with Gasteiger partial charge in [0.1, 0.15) is 0 Å². The number of thiophene rings is 1. The molecule has 0 unspecified atom stereocenters. The first-order chi connectivity index (χ1) is 12.2. The number of nitrogens with zero attached hydrogens (tertiary/aromatic N) is 2. The summed E-state index contributed by atoms with van der Waals surface area (Å²) in [4.78, 5) is 12.9. The summed E-state index contributed by atoms with van der Waals surface area (Å²) in [7, 11) is 0. The van der Waals surface area contributed by atoms with E-state index in [9.17, 15) is 4.79 Å². The molecule has 0 radical (unpaired) electrons. The molecule has 132 valence electrons. The van der Waals surface area contributed by atoms with Gasteiger partial charge in [-0.25, -0.2) is 0 Å². The Hall–Kier alpha value is -1.62. The number of carbonyl (C=O) groups is 1. The first-order valence-electron chi connectivity index (χ1n) is 9.54. The smallest absolute Gasteiger partial charge is 0.226 e. The fraction of sp³-hybridized carbons (Fsp3) is 0.600. The zero-order valence-corrected chi connectivity index (χ0v) is 15.3. The lowest BCUT2D eigenvalue weighted by molar-refractivity contribution is -0.146. The third kappa shape index (κ3) is 2.82. The second kappa shape index (κ2) is 5.97. The van der Waals surface area contributed by atoms with Crippen molar-refractivity contribution >= 4 is 17.2 Å². The van der Waals surface area contributed by atoms with Gasteiger partial charge in [0.2, 0.25) is 5.91 Å². The molecule has 4 bridgehead atoms. The van der Waals surface area contributed by atoms with Gasteiger partial charge in [0, 0.05) is 29.1 Å². The molecule has 0 aliphatic heterocycles. The topological polar surface area (TPSA) is 46.9 Å². The lowest BCUT2D eigenvalue weighted by Gasteiger charge is -2.55. The van der Waals surface area contributed by atoms with Gasteiger partial charge in [-0.1, -0.05) is 0 Å². The first kappa shape index (κ1) is 15.6. The Labute approximate surface area is 152 Å². The fourth-order valence-corrected chi connectivity index (χ4v) is 6.56. The van der Waals surface area contributed by atoms with E-state index in [2.05, 4.69) is 27.2 Å². The molecule has 2 aromatic heterocycles. The molecule has 2 aromatic rings. The Morgan fingerprint density at radius 2 is 1.92 bits per heavy atom. The molecular weight excluding hydrogens is 330 g/mol. The normalized spacial score (nSPS) is 32.9. The average Bonchev–Trinajstić information content (AvgIpc) is 3.25. The van der Waals surface area contributed by atoms with Crippen LogP contribution in [-0.2, 0) is 11.3 Å². The Balaban J connectivity index is 1.19. The van der Waals surface area contributed by atoms with E-state index in [1.165, 1.54) is 24.8 Å². The molecule has 1 N–H and O–H groups in total. The predicted octanol–water partition coefficient (Wildman–Crippen LogP) is 3.94. The van der Waals surface area contributed by atoms with E-state index in [-0.39, 0.29) is 5.41 Å². The van der Waals surface area contributed by atoms with Gasteiger partial charge in [-0.3, -0.25) is 9.48 Å². The van der Waals surface area contributed by atoms with Gasteiger partial charge in [-0.05, 0) is 73.8 Å². The quantitative estimate of drug-likeness (QED) is 0.883. The van der Waals surface area contributed by atoms with E-state index in [0.717, 1.165) is 49.3 Å². The van der Waals surface area contributed by atoms with Crippen molar-refractivity contribution in [2.24, 2.45) is 23.2 Å². The Morgan fingerprint density at radius 1 is 1.20 bits per heavy atom. The minimum atomic E-state index is -0.0410. The van der Waals surface area contributed by atoms with Gasteiger partial charge in [0.25, 0.3) is 0 Å². The van der Waals surface area contributed by atoms with Gasteiger partial charge >= 0.3 is 0 Å². The minimum Gasteiger partial charge on any atom is -0.354 e. The Bertz CT molecular complexity index is 728. The number of hydrogen-bond donors (Lipinski definition) is 1. The molecule has 0 saturated heterocycles. The number of aromatic nitrogens is 2. The maximum Gasteiger partial charge on any atom is 0.226 e. The molecule has 4 fully saturated rings. The van der Waals surface area contributed by atoms with Crippen LogP contribution in [0.5, 0.6) is 0 Å². The number of amides is 1. The number of hydrogen-bond acceptors (Lipinski definition) is 3. The summed E-state index contributed by atoms with van der Waals surface area (Å²) in [5.74, 6) is 2.76. The van der Waals surface area contributed by atoms with Crippen LogP contribution in [0.25, 0.3) is 11.3 Å². The van der Waals surface area contributed by atoms with Gasteiger partial charge in [0.15, 0.2) is 0 Å². The fourth-order valence-electron chi connectivity index (χ4n) is 5.91. The van der Waals surface area contributed by atoms with Crippen molar-refractivity contribution in [3.05, 3.63) is 29.1 Å². The van der Waals surface area contributed by atoms with Crippen molar-refractivity contribution in [2.75, 3.05) is 6.54 Å². The highest BCUT2D eigenvalue weighted by atomic mass is 32.1. The molecule has 4 nitrogen and oxygen atoms in total. The van der Waals surface area contributed by atoms with Crippen LogP contribution in [0.3, 0.4) is 0 Å². The zero-order chi connectivity index (χ0) is 16.9. The van der Waals surface area contributed by atoms with Crippen LogP contribution in [0, 0.1) is 23.2 Å². The number of nitrogens with one attached hydrogen (secondary N) is 1. The van der Waals surface area contributed by atoms with Crippen LogP contribution >= 0.6 is 11.3 Å². The monoisotopic (exact) mass is 355 g/mol. The van der Waals surface area contributed by atoms with Crippen molar-refractivity contribution in [1.82, 2.24) is 15.1 Å². The van der Waals surface area contributed by atoms with Crippen LogP contribution in [0.15, 0.2) is 29.1 Å². The van der Waals surface area contributed by atoms with E-state index < -0.39 is 0 Å². The third-order valence-electron chi connectivity index (χ3n) is 6.60. The molecule has 0 spiro atoms. The first-order valence-corrected chi connectivity index (χ1v) is 10.5. The summed E-state index contributed by atoms with van der Waals surface area (Å²) in [6.45, 7) is 1.41. The third-order valence-corrected chi connectivity index (χ3v) is 7.29. The van der Waals surface area contributed by atoms with Gasteiger partial charge in [0.05, 0.1) is 12.2 Å². The molecule has 5 heteroatoms. The SMILES string of the molecule is O=C(NCCn1ccc(-c2ccsc2)n1)C12CC3CC(CC(C3)C1)C2. The van der Waals surface area contributed by atoms with E-state index >= 15 is 0 Å². The summed E-state index contributed by atoms with van der Waals surface area (Å²) in [6.07, 6.45) is 9.55. The molecule has 25 heavy (non-hydrogen) atoms. The predicted molar refractivity (Wildman–Crippen MR) is 99.2 cm³/mol. The van der Waals surface area contributed by atoms with Crippen molar-refractivity contribution < 1.29 is 4.79 Å². The molecule has 4 aliphatic rings. The van der Waals surface area contributed by atoms with E-state index in [4.69, 9.17) is 0 Å². The van der Waals surface area contributed by atoms with Crippen molar-refractivity contribution in [2.45, 2.75) is 45.1 Å². The average molecular weight is 356 g/mol. The second-order valence-electron chi connectivity index (χ2n) is 8.43. The summed E-state index contributed by atoms with van der Waals surface area (Å²) in [5, 5.41) is 12.0. The zero-order valence-electron chi connectivity index (χ0n) is 14.5. The summed E-state index contributed by atoms with van der Waals surface area (Å²) < 4.78 is 1.94. The van der Waals surface area contributed by atoms with Crippen molar-refractivity contribution in [3.63, 3.8) is 0 Å². The number of rotatable bonds is 5. The summed E-state index contributed by atoms with van der Waals surface area (Å²) >= 11 is 1.69. The van der Waals surface area contributed by atoms with Crippen molar-refractivity contribution in [3.8, 4) is 11.3 Å². The maximum atomic E-state index is 12.9. The second-order valence-corrected chi connectivity index (χ2v) is 9.21. The van der Waals surface area contributed by atoms with Crippen LogP contribution in [0.2, 0.25) is 0 Å². The Kier molecular flexibility index (Phi) is 3.73. The number of carbonyl (C=O) groups excluding carboxylic acids is 1. The van der Waals surface area contributed by atoms with Crippen LogP contribution in [0.1, 0.15) is 38.5 Å². The molecule has 4 aliphatic carbocycles. The molecule has 2 heterocycles. The standard InChI is InChI=1S/C20H25N3OS/c24-19(20-10-14-7-15(11-20)9-16(8-14)12-20)21-3-5-23-4-1-18(22-23)17-2-6-25-13-17/h1-2,4,6,13-16H,3,5,7-12H2,(H,21,24). The minimum absolute atomic E-state index is 0.0410. The largest absolute Gasteiger partial charge is 0.354 e. The molecular formula is C20H25N3OS. The molecule has 1 amide bonds.